The fraction of sp³-hybridized carbons (Fsp3) is 0.435. The number of carbonyl (C=O) groups excluding carboxylic acids is 1. The highest BCUT2D eigenvalue weighted by Gasteiger charge is 2.15. The Balaban J connectivity index is 0.000000396. The lowest BCUT2D eigenvalue weighted by molar-refractivity contribution is -0.138. The minimum absolute atomic E-state index is 0.211. The average Bonchev–Trinajstić information content (AvgIpc) is 2.73. The lowest BCUT2D eigenvalue weighted by atomic mass is 10.1. The predicted molar refractivity (Wildman–Crippen MR) is 120 cm³/mol. The van der Waals surface area contributed by atoms with Crippen molar-refractivity contribution in [1.82, 2.24) is 5.32 Å². The molecule has 1 heterocycles. The van der Waals surface area contributed by atoms with E-state index in [-0.39, 0.29) is 11.4 Å². The van der Waals surface area contributed by atoms with Crippen LogP contribution >= 0.6 is 0 Å². The molecule has 0 aliphatic carbocycles. The van der Waals surface area contributed by atoms with Gasteiger partial charge in [0.2, 0.25) is 0 Å². The van der Waals surface area contributed by atoms with Crippen LogP contribution in [0.4, 0.5) is 15.8 Å². The van der Waals surface area contributed by atoms with E-state index in [1.165, 1.54) is 17.8 Å². The van der Waals surface area contributed by atoms with E-state index in [1.54, 1.807) is 12.1 Å². The van der Waals surface area contributed by atoms with E-state index < -0.39 is 0 Å². The molecule has 0 unspecified atom stereocenters. The lowest BCUT2D eigenvalue weighted by Gasteiger charge is -2.31. The molecule has 3 rings (SSSR count). The summed E-state index contributed by atoms with van der Waals surface area (Å²) in [5.74, 6) is -0.211. The molecule has 0 radical (unpaired) electrons. The van der Waals surface area contributed by atoms with Gasteiger partial charge in [0, 0.05) is 56.2 Å². The Morgan fingerprint density at radius 3 is 2.37 bits per heavy atom. The Labute approximate surface area is 178 Å². The summed E-state index contributed by atoms with van der Waals surface area (Å²) in [5, 5.41) is 6.80. The molecule has 0 aromatic heterocycles. The van der Waals surface area contributed by atoms with Crippen molar-refractivity contribution >= 4 is 17.8 Å². The van der Waals surface area contributed by atoms with Crippen LogP contribution < -0.4 is 21.3 Å². The third kappa shape index (κ3) is 7.65. The monoisotopic (exact) mass is 416 g/mol. The number of nitrogens with zero attached hydrogens (tertiary/aromatic N) is 1. The maximum Gasteiger partial charge on any atom is 0.293 e. The van der Waals surface area contributed by atoms with Crippen molar-refractivity contribution in [3.8, 4) is 0 Å². The molecule has 0 atom stereocenters. The van der Waals surface area contributed by atoms with Crippen LogP contribution in [0.5, 0.6) is 0 Å². The van der Waals surface area contributed by atoms with Gasteiger partial charge in [0.15, 0.2) is 0 Å². The number of nitrogens with two attached hydrogens (primary N) is 1. The van der Waals surface area contributed by atoms with Gasteiger partial charge in [-0.3, -0.25) is 4.79 Å². The Bertz CT molecular complexity index is 785. The lowest BCUT2D eigenvalue weighted by Crippen LogP contribution is -2.44. The zero-order chi connectivity index (χ0) is 22.0. The first kappa shape index (κ1) is 23.6. The number of halogens is 1. The van der Waals surface area contributed by atoms with Crippen molar-refractivity contribution in [1.29, 1.82) is 0 Å². The van der Waals surface area contributed by atoms with Gasteiger partial charge in [0.05, 0.1) is 0 Å². The molecule has 2 aromatic rings. The topological polar surface area (TPSA) is 79.6 Å². The molecule has 0 saturated carbocycles. The minimum Gasteiger partial charge on any atom is -0.462 e. The first-order valence-corrected chi connectivity index (χ1v) is 10.2. The Hall–Kier alpha value is -2.64. The van der Waals surface area contributed by atoms with Gasteiger partial charge in [-0.1, -0.05) is 18.2 Å². The smallest absolute Gasteiger partial charge is 0.293 e. The summed E-state index contributed by atoms with van der Waals surface area (Å²) in [6.07, 6.45) is 0. The van der Waals surface area contributed by atoms with Gasteiger partial charge in [-0.25, -0.2) is 4.39 Å². The number of benzene rings is 2. The molecular weight excluding hydrogens is 383 g/mol. The van der Waals surface area contributed by atoms with E-state index in [1.807, 2.05) is 20.8 Å². The van der Waals surface area contributed by atoms with E-state index in [2.05, 4.69) is 38.5 Å². The Morgan fingerprint density at radius 2 is 1.83 bits per heavy atom. The van der Waals surface area contributed by atoms with Gasteiger partial charge in [0.25, 0.3) is 6.47 Å². The Kier molecular flexibility index (Phi) is 9.08. The average molecular weight is 417 g/mol. The highest BCUT2D eigenvalue weighted by Crippen LogP contribution is 2.28. The quantitative estimate of drug-likeness (QED) is 0.628. The van der Waals surface area contributed by atoms with Crippen molar-refractivity contribution in [2.24, 2.45) is 5.73 Å². The molecule has 2 aromatic carbocycles. The van der Waals surface area contributed by atoms with Gasteiger partial charge in [-0.15, -0.1) is 0 Å². The summed E-state index contributed by atoms with van der Waals surface area (Å²) in [6, 6.07) is 12.8. The van der Waals surface area contributed by atoms with Crippen molar-refractivity contribution in [3.05, 3.63) is 59.4 Å². The first-order valence-electron chi connectivity index (χ1n) is 10.2. The molecule has 0 amide bonds. The number of piperazine rings is 1. The summed E-state index contributed by atoms with van der Waals surface area (Å²) in [5.41, 5.74) is 10.1. The standard InChI is InChI=1S/C18H23FN4.C5H10O2/c19-15-6-4-14(5-7-15)13-22-17-2-1-3-18(16(17)12-20)23-10-8-21-9-11-23;1-5(2,3)7-4-6/h1-7,21-22H,8-13,20H2;4H,1-3H3. The number of anilines is 2. The van der Waals surface area contributed by atoms with E-state index in [0.29, 0.717) is 19.6 Å². The highest BCUT2D eigenvalue weighted by atomic mass is 19.1. The fourth-order valence-corrected chi connectivity index (χ4v) is 3.10. The van der Waals surface area contributed by atoms with Crippen molar-refractivity contribution < 1.29 is 13.9 Å². The third-order valence-electron chi connectivity index (χ3n) is 4.61. The van der Waals surface area contributed by atoms with Crippen LogP contribution in [-0.4, -0.2) is 38.3 Å². The van der Waals surface area contributed by atoms with Gasteiger partial charge in [-0.2, -0.15) is 0 Å². The number of rotatable bonds is 6. The second-order valence-electron chi connectivity index (χ2n) is 8.05. The van der Waals surface area contributed by atoms with Crippen LogP contribution in [0.3, 0.4) is 0 Å². The maximum atomic E-state index is 13.0. The van der Waals surface area contributed by atoms with Crippen LogP contribution in [0.15, 0.2) is 42.5 Å². The molecule has 1 fully saturated rings. The number of hydrogen-bond acceptors (Lipinski definition) is 6. The molecule has 4 N–H and O–H groups in total. The normalized spacial score (nSPS) is 13.8. The second-order valence-corrected chi connectivity index (χ2v) is 8.05. The van der Waals surface area contributed by atoms with Gasteiger partial charge in [-0.05, 0) is 50.6 Å². The predicted octanol–water partition coefficient (Wildman–Crippen LogP) is 3.26. The molecule has 164 valence electrons. The van der Waals surface area contributed by atoms with Crippen LogP contribution in [0.25, 0.3) is 0 Å². The molecule has 6 nitrogen and oxygen atoms in total. The molecule has 0 spiro atoms. The molecule has 30 heavy (non-hydrogen) atoms. The van der Waals surface area contributed by atoms with Gasteiger partial charge in [0.1, 0.15) is 11.4 Å². The van der Waals surface area contributed by atoms with E-state index in [0.717, 1.165) is 43.0 Å². The SMILES string of the molecule is CC(C)(C)OC=O.NCc1c(NCc2ccc(F)cc2)cccc1N1CCNCC1. The van der Waals surface area contributed by atoms with Crippen LogP contribution in [0.2, 0.25) is 0 Å². The second kappa shape index (κ2) is 11.5. The summed E-state index contributed by atoms with van der Waals surface area (Å²) in [7, 11) is 0. The first-order chi connectivity index (χ1) is 14.3. The summed E-state index contributed by atoms with van der Waals surface area (Å²) in [4.78, 5) is 12.0. The molecule has 0 bridgehead atoms. The molecular formula is C23H33FN4O2. The van der Waals surface area contributed by atoms with E-state index >= 15 is 0 Å². The van der Waals surface area contributed by atoms with Gasteiger partial charge >= 0.3 is 0 Å². The Morgan fingerprint density at radius 1 is 1.17 bits per heavy atom. The zero-order valence-corrected chi connectivity index (χ0v) is 18.1. The largest absolute Gasteiger partial charge is 0.462 e. The fourth-order valence-electron chi connectivity index (χ4n) is 3.10. The van der Waals surface area contributed by atoms with E-state index in [4.69, 9.17) is 5.73 Å². The van der Waals surface area contributed by atoms with Crippen molar-refractivity contribution in [2.75, 3.05) is 36.4 Å². The summed E-state index contributed by atoms with van der Waals surface area (Å²) >= 11 is 0. The number of ether oxygens (including phenoxy) is 1. The molecule has 1 saturated heterocycles. The van der Waals surface area contributed by atoms with Crippen LogP contribution in [0.1, 0.15) is 31.9 Å². The van der Waals surface area contributed by atoms with Crippen molar-refractivity contribution in [2.45, 2.75) is 39.5 Å². The van der Waals surface area contributed by atoms with Gasteiger partial charge < -0.3 is 26.0 Å². The number of nitrogens with one attached hydrogen (secondary N) is 2. The van der Waals surface area contributed by atoms with Crippen LogP contribution in [-0.2, 0) is 22.6 Å². The number of carbonyl (C=O) groups is 1. The third-order valence-corrected chi connectivity index (χ3v) is 4.61. The summed E-state index contributed by atoms with van der Waals surface area (Å²) in [6.45, 7) is 11.0. The highest BCUT2D eigenvalue weighted by molar-refractivity contribution is 5.67. The maximum absolute atomic E-state index is 13.0. The molecule has 7 heteroatoms. The van der Waals surface area contributed by atoms with E-state index in [9.17, 15) is 9.18 Å². The van der Waals surface area contributed by atoms with Crippen molar-refractivity contribution in [3.63, 3.8) is 0 Å². The summed E-state index contributed by atoms with van der Waals surface area (Å²) < 4.78 is 17.5. The molecule has 1 aliphatic heterocycles. The number of hydrogen-bond donors (Lipinski definition) is 3. The minimum atomic E-state index is -0.318. The molecule has 1 aliphatic rings. The van der Waals surface area contributed by atoms with Crippen LogP contribution in [0, 0.1) is 5.82 Å². The zero-order valence-electron chi connectivity index (χ0n) is 18.1.